The monoisotopic (exact) mass is 772 g/mol. The lowest BCUT2D eigenvalue weighted by molar-refractivity contribution is -0.870. The second kappa shape index (κ2) is 36.6. The van der Waals surface area contributed by atoms with E-state index in [9.17, 15) is 19.4 Å². The molecule has 0 spiro atoms. The molecule has 0 heterocycles. The van der Waals surface area contributed by atoms with Gasteiger partial charge in [0.1, 0.15) is 13.2 Å². The number of hydrogen-bond donors (Lipinski definition) is 3. The highest BCUT2D eigenvalue weighted by Crippen LogP contribution is 2.43. The average molecular weight is 772 g/mol. The van der Waals surface area contributed by atoms with Crippen LogP contribution in [0.2, 0.25) is 0 Å². The summed E-state index contributed by atoms with van der Waals surface area (Å²) in [6, 6.07) is -0.765. The Balaban J connectivity index is 4.39. The number of nitrogens with one attached hydrogen (secondary N) is 1. The number of hydrogen-bond acceptors (Lipinski definition) is 5. The number of carbonyl (C=O) groups is 1. The van der Waals surface area contributed by atoms with Gasteiger partial charge in [-0.15, -0.1) is 0 Å². The Kier molecular flexibility index (Phi) is 35.9. The topological polar surface area (TPSA) is 105 Å². The zero-order valence-electron chi connectivity index (χ0n) is 35.5. The number of likely N-dealkylation sites (N-methyl/N-ethyl adjacent to an activating group) is 1. The minimum Gasteiger partial charge on any atom is -0.391 e. The quantitative estimate of drug-likeness (QED) is 0.0248. The summed E-state index contributed by atoms with van der Waals surface area (Å²) >= 11 is 0. The molecule has 0 radical (unpaired) electrons. The standard InChI is InChI=1S/C44H87N2O6P/c1-6-8-10-12-14-16-18-20-22-24-25-27-29-31-33-35-37-43(47)42(41-52-53(49,50)51-40-39-46(3,4)5)45-44(48)38-36-34-32-30-28-26-23-21-19-17-15-13-11-9-7-2/h15,17,21,23,42-43,47H,6-14,16,18-20,22,24-41H2,1-5H3,(H-,45,48,49,50)/p+1/b17-15+,23-21+/t42-,43+/m0/s1. The van der Waals surface area contributed by atoms with Crippen molar-refractivity contribution in [2.75, 3.05) is 40.9 Å². The van der Waals surface area contributed by atoms with Gasteiger partial charge in [0.15, 0.2) is 0 Å². The largest absolute Gasteiger partial charge is 0.472 e. The summed E-state index contributed by atoms with van der Waals surface area (Å²) in [4.78, 5) is 23.1. The average Bonchev–Trinajstić information content (AvgIpc) is 3.10. The molecular weight excluding hydrogens is 683 g/mol. The molecular formula is C44H88N2O6P+. The van der Waals surface area contributed by atoms with E-state index in [0.29, 0.717) is 23.9 Å². The summed E-state index contributed by atoms with van der Waals surface area (Å²) in [6.45, 7) is 4.85. The number of phosphoric acid groups is 1. The molecule has 0 aromatic carbocycles. The SMILES string of the molecule is CCCCC/C=C/C/C=C/CCCCCCCC(=O)N[C@@H](COP(=O)(O)OCC[N+](C)(C)C)[C@H](O)CCCCCCCCCCCCCCCCCC. The lowest BCUT2D eigenvalue weighted by Crippen LogP contribution is -2.46. The number of amides is 1. The molecule has 0 rings (SSSR count). The maximum absolute atomic E-state index is 12.9. The van der Waals surface area contributed by atoms with Gasteiger partial charge in [-0.3, -0.25) is 13.8 Å². The van der Waals surface area contributed by atoms with Crippen LogP contribution in [0.25, 0.3) is 0 Å². The van der Waals surface area contributed by atoms with Gasteiger partial charge in [0, 0.05) is 6.42 Å². The van der Waals surface area contributed by atoms with E-state index in [1.807, 2.05) is 21.1 Å². The second-order valence-corrected chi connectivity index (χ2v) is 17.9. The van der Waals surface area contributed by atoms with Crippen LogP contribution in [-0.4, -0.2) is 73.4 Å². The Bertz CT molecular complexity index is 922. The highest BCUT2D eigenvalue weighted by atomic mass is 31.2. The van der Waals surface area contributed by atoms with Crippen LogP contribution in [0.1, 0.15) is 200 Å². The molecule has 0 saturated carbocycles. The van der Waals surface area contributed by atoms with E-state index in [-0.39, 0.29) is 19.1 Å². The van der Waals surface area contributed by atoms with Gasteiger partial charge >= 0.3 is 7.82 Å². The third-order valence-electron chi connectivity index (χ3n) is 9.95. The molecule has 9 heteroatoms. The third-order valence-corrected chi connectivity index (χ3v) is 10.9. The Morgan fingerprint density at radius 1 is 0.642 bits per heavy atom. The fraction of sp³-hybridized carbons (Fsp3) is 0.886. The van der Waals surface area contributed by atoms with Crippen molar-refractivity contribution in [3.8, 4) is 0 Å². The number of phosphoric ester groups is 1. The first-order valence-corrected chi connectivity index (χ1v) is 23.7. The van der Waals surface area contributed by atoms with E-state index in [1.54, 1.807) is 0 Å². The fourth-order valence-corrected chi connectivity index (χ4v) is 7.11. The number of unbranched alkanes of at least 4 members (excludes halogenated alkanes) is 23. The van der Waals surface area contributed by atoms with Gasteiger partial charge in [-0.2, -0.15) is 0 Å². The summed E-state index contributed by atoms with van der Waals surface area (Å²) in [6.07, 6.45) is 41.9. The van der Waals surface area contributed by atoms with E-state index in [4.69, 9.17) is 9.05 Å². The van der Waals surface area contributed by atoms with E-state index >= 15 is 0 Å². The zero-order chi connectivity index (χ0) is 39.3. The minimum atomic E-state index is -4.31. The van der Waals surface area contributed by atoms with Crippen LogP contribution < -0.4 is 5.32 Å². The first kappa shape index (κ1) is 52.0. The van der Waals surface area contributed by atoms with E-state index in [2.05, 4.69) is 43.5 Å². The number of allylic oxidation sites excluding steroid dienone is 4. The Morgan fingerprint density at radius 2 is 1.08 bits per heavy atom. The molecule has 314 valence electrons. The molecule has 0 bridgehead atoms. The molecule has 0 aliphatic rings. The fourth-order valence-electron chi connectivity index (χ4n) is 6.37. The molecule has 0 aromatic heterocycles. The van der Waals surface area contributed by atoms with Crippen molar-refractivity contribution in [2.45, 2.75) is 212 Å². The molecule has 0 fully saturated rings. The van der Waals surface area contributed by atoms with Gasteiger partial charge < -0.3 is 19.8 Å². The normalized spacial score (nSPS) is 14.6. The first-order valence-electron chi connectivity index (χ1n) is 22.2. The van der Waals surface area contributed by atoms with Crippen LogP contribution in [0.5, 0.6) is 0 Å². The van der Waals surface area contributed by atoms with Crippen LogP contribution in [-0.2, 0) is 18.4 Å². The predicted molar refractivity (Wildman–Crippen MR) is 226 cm³/mol. The zero-order valence-corrected chi connectivity index (χ0v) is 36.4. The molecule has 3 atom stereocenters. The van der Waals surface area contributed by atoms with Gasteiger partial charge in [0.25, 0.3) is 0 Å². The molecule has 0 aromatic rings. The molecule has 0 saturated heterocycles. The van der Waals surface area contributed by atoms with Crippen molar-refractivity contribution in [1.82, 2.24) is 5.32 Å². The number of aliphatic hydroxyl groups is 1. The highest BCUT2D eigenvalue weighted by Gasteiger charge is 2.28. The van der Waals surface area contributed by atoms with Gasteiger partial charge in [-0.05, 0) is 44.9 Å². The number of quaternary nitrogens is 1. The van der Waals surface area contributed by atoms with Crippen LogP contribution in [0, 0.1) is 0 Å². The second-order valence-electron chi connectivity index (χ2n) is 16.4. The Hall–Kier alpha value is -1.02. The lowest BCUT2D eigenvalue weighted by Gasteiger charge is -2.26. The minimum absolute atomic E-state index is 0.0723. The summed E-state index contributed by atoms with van der Waals surface area (Å²) < 4.78 is 23.6. The summed E-state index contributed by atoms with van der Waals surface area (Å²) in [7, 11) is 1.61. The Morgan fingerprint density at radius 3 is 1.58 bits per heavy atom. The summed E-state index contributed by atoms with van der Waals surface area (Å²) in [5.41, 5.74) is 0. The lowest BCUT2D eigenvalue weighted by atomic mass is 10.0. The van der Waals surface area contributed by atoms with Crippen LogP contribution >= 0.6 is 7.82 Å². The van der Waals surface area contributed by atoms with Crippen LogP contribution in [0.4, 0.5) is 0 Å². The summed E-state index contributed by atoms with van der Waals surface area (Å²) in [5.74, 6) is -0.158. The first-order chi connectivity index (χ1) is 25.5. The van der Waals surface area contributed by atoms with Crippen LogP contribution in [0.15, 0.2) is 24.3 Å². The number of rotatable bonds is 40. The number of nitrogens with zero attached hydrogens (tertiary/aromatic N) is 1. The predicted octanol–water partition coefficient (Wildman–Crippen LogP) is 12.1. The van der Waals surface area contributed by atoms with E-state index in [1.165, 1.54) is 109 Å². The van der Waals surface area contributed by atoms with Gasteiger partial charge in [-0.1, -0.05) is 173 Å². The van der Waals surface area contributed by atoms with Crippen molar-refractivity contribution >= 4 is 13.7 Å². The molecule has 0 aliphatic heterocycles. The molecule has 0 aliphatic carbocycles. The van der Waals surface area contributed by atoms with Crippen molar-refractivity contribution in [3.63, 3.8) is 0 Å². The highest BCUT2D eigenvalue weighted by molar-refractivity contribution is 7.47. The smallest absolute Gasteiger partial charge is 0.391 e. The molecule has 8 nitrogen and oxygen atoms in total. The number of carbonyl (C=O) groups excluding carboxylic acids is 1. The maximum atomic E-state index is 12.9. The number of aliphatic hydroxyl groups excluding tert-OH is 1. The van der Waals surface area contributed by atoms with Gasteiger partial charge in [-0.25, -0.2) is 4.57 Å². The van der Waals surface area contributed by atoms with Crippen molar-refractivity contribution < 1.29 is 32.9 Å². The van der Waals surface area contributed by atoms with Crippen molar-refractivity contribution in [2.24, 2.45) is 0 Å². The Labute approximate surface area is 328 Å². The molecule has 53 heavy (non-hydrogen) atoms. The molecule has 1 amide bonds. The van der Waals surface area contributed by atoms with Crippen molar-refractivity contribution in [3.05, 3.63) is 24.3 Å². The van der Waals surface area contributed by atoms with Gasteiger partial charge in [0.2, 0.25) is 5.91 Å². The van der Waals surface area contributed by atoms with Gasteiger partial charge in [0.05, 0.1) is 39.9 Å². The van der Waals surface area contributed by atoms with E-state index in [0.717, 1.165) is 64.2 Å². The maximum Gasteiger partial charge on any atom is 0.472 e. The molecule has 3 N–H and O–H groups in total. The van der Waals surface area contributed by atoms with Crippen molar-refractivity contribution in [1.29, 1.82) is 0 Å². The summed E-state index contributed by atoms with van der Waals surface area (Å²) in [5, 5.41) is 13.9. The van der Waals surface area contributed by atoms with Crippen LogP contribution in [0.3, 0.4) is 0 Å². The van der Waals surface area contributed by atoms with E-state index < -0.39 is 20.0 Å². The third kappa shape index (κ3) is 39.0. The molecule has 1 unspecified atom stereocenters.